The minimum atomic E-state index is -0.330. The molecule has 5 rings (SSSR count). The van der Waals surface area contributed by atoms with Crippen molar-refractivity contribution in [3.63, 3.8) is 0 Å². The van der Waals surface area contributed by atoms with E-state index >= 15 is 0 Å². The highest BCUT2D eigenvalue weighted by Crippen LogP contribution is 2.31. The average Bonchev–Trinajstić information content (AvgIpc) is 3.20. The van der Waals surface area contributed by atoms with Crippen molar-refractivity contribution in [2.75, 3.05) is 10.6 Å². The minimum absolute atomic E-state index is 0.299. The topological polar surface area (TPSA) is 102 Å². The second-order valence-electron chi connectivity index (χ2n) is 7.07. The minimum Gasteiger partial charge on any atom is -0.437 e. The first-order valence-electron chi connectivity index (χ1n) is 10.1. The smallest absolute Gasteiger partial charge is 0.260 e. The molecular formula is C24H18N6O2S. The van der Waals surface area contributed by atoms with Crippen molar-refractivity contribution in [1.82, 2.24) is 19.3 Å². The Morgan fingerprint density at radius 1 is 0.939 bits per heavy atom. The maximum Gasteiger partial charge on any atom is 0.260 e. The molecule has 0 bridgehead atoms. The number of aromatic nitrogens is 4. The summed E-state index contributed by atoms with van der Waals surface area (Å²) in [5, 5.41) is 6.65. The number of nitrogens with one attached hydrogen (secondary N) is 2. The van der Waals surface area contributed by atoms with Gasteiger partial charge >= 0.3 is 0 Å². The van der Waals surface area contributed by atoms with Gasteiger partial charge in [0.15, 0.2) is 0 Å². The van der Waals surface area contributed by atoms with Crippen LogP contribution in [0.5, 0.6) is 11.6 Å². The van der Waals surface area contributed by atoms with Gasteiger partial charge in [-0.1, -0.05) is 30.3 Å². The highest BCUT2D eigenvalue weighted by molar-refractivity contribution is 7.10. The number of ether oxygens (including phenoxy) is 1. The SMILES string of the molecule is Cc1nsc(Nc2cnc3ccccc3n2)c1C(=O)Nc1cccnc1Oc1ccccc1. The van der Waals surface area contributed by atoms with Crippen LogP contribution in [-0.4, -0.2) is 25.2 Å². The van der Waals surface area contributed by atoms with E-state index in [9.17, 15) is 4.79 Å². The van der Waals surface area contributed by atoms with Crippen LogP contribution in [0, 0.1) is 6.92 Å². The van der Waals surface area contributed by atoms with Crippen molar-refractivity contribution in [3.05, 3.63) is 90.4 Å². The van der Waals surface area contributed by atoms with Crippen molar-refractivity contribution in [2.24, 2.45) is 0 Å². The molecule has 9 heteroatoms. The Balaban J connectivity index is 1.39. The van der Waals surface area contributed by atoms with Crippen LogP contribution >= 0.6 is 11.5 Å². The third-order valence-corrected chi connectivity index (χ3v) is 5.61. The zero-order valence-electron chi connectivity index (χ0n) is 17.5. The molecule has 0 aliphatic rings. The van der Waals surface area contributed by atoms with Gasteiger partial charge in [0, 0.05) is 6.20 Å². The van der Waals surface area contributed by atoms with Crippen molar-refractivity contribution < 1.29 is 9.53 Å². The van der Waals surface area contributed by atoms with Crippen LogP contribution in [-0.2, 0) is 0 Å². The molecule has 33 heavy (non-hydrogen) atoms. The average molecular weight is 455 g/mol. The molecule has 0 aliphatic carbocycles. The van der Waals surface area contributed by atoms with E-state index in [1.54, 1.807) is 31.5 Å². The molecule has 8 nitrogen and oxygen atoms in total. The summed E-state index contributed by atoms with van der Waals surface area (Å²) in [6, 6.07) is 20.3. The molecule has 0 spiro atoms. The summed E-state index contributed by atoms with van der Waals surface area (Å²) in [6.07, 6.45) is 3.24. The molecule has 2 N–H and O–H groups in total. The molecule has 5 aromatic rings. The summed E-state index contributed by atoms with van der Waals surface area (Å²) >= 11 is 1.19. The molecule has 0 aliphatic heterocycles. The van der Waals surface area contributed by atoms with Crippen LogP contribution in [0.15, 0.2) is 79.1 Å². The molecule has 0 unspecified atom stereocenters. The first-order chi connectivity index (χ1) is 16.2. The van der Waals surface area contributed by atoms with E-state index in [1.807, 2.05) is 54.6 Å². The lowest BCUT2D eigenvalue weighted by Crippen LogP contribution is -2.15. The Labute approximate surface area is 193 Å². The number of carbonyl (C=O) groups excluding carboxylic acids is 1. The number of benzene rings is 2. The number of hydrogen-bond donors (Lipinski definition) is 2. The zero-order chi connectivity index (χ0) is 22.6. The number of rotatable bonds is 6. The summed E-state index contributed by atoms with van der Waals surface area (Å²) in [4.78, 5) is 26.5. The third kappa shape index (κ3) is 4.48. The maximum atomic E-state index is 13.2. The van der Waals surface area contributed by atoms with Crippen LogP contribution in [0.1, 0.15) is 16.1 Å². The Hall–Kier alpha value is -4.37. The van der Waals surface area contributed by atoms with E-state index < -0.39 is 0 Å². The Bertz CT molecular complexity index is 1440. The fourth-order valence-electron chi connectivity index (χ4n) is 3.21. The van der Waals surface area contributed by atoms with Gasteiger partial charge in [0.2, 0.25) is 5.88 Å². The van der Waals surface area contributed by atoms with Gasteiger partial charge in [-0.15, -0.1) is 0 Å². The molecule has 0 saturated heterocycles. The Morgan fingerprint density at radius 3 is 2.58 bits per heavy atom. The van der Waals surface area contributed by atoms with E-state index in [4.69, 9.17) is 4.74 Å². The first-order valence-corrected chi connectivity index (χ1v) is 10.9. The van der Waals surface area contributed by atoms with E-state index in [1.165, 1.54) is 11.5 Å². The highest BCUT2D eigenvalue weighted by atomic mass is 32.1. The largest absolute Gasteiger partial charge is 0.437 e. The van der Waals surface area contributed by atoms with Crippen LogP contribution in [0.2, 0.25) is 0 Å². The van der Waals surface area contributed by atoms with Crippen molar-refractivity contribution in [2.45, 2.75) is 6.92 Å². The number of fused-ring (bicyclic) bond motifs is 1. The molecule has 2 aromatic carbocycles. The van der Waals surface area contributed by atoms with E-state index in [0.29, 0.717) is 39.4 Å². The van der Waals surface area contributed by atoms with Crippen LogP contribution in [0.4, 0.5) is 16.5 Å². The fourth-order valence-corrected chi connectivity index (χ4v) is 4.01. The number of aryl methyl sites for hydroxylation is 1. The summed E-state index contributed by atoms with van der Waals surface area (Å²) in [5.41, 5.74) is 3.03. The molecular weight excluding hydrogens is 436 g/mol. The molecule has 0 saturated carbocycles. The molecule has 1 amide bonds. The zero-order valence-corrected chi connectivity index (χ0v) is 18.3. The van der Waals surface area contributed by atoms with Gasteiger partial charge in [0.05, 0.1) is 28.5 Å². The standard InChI is InChI=1S/C24H18N6O2S/c1-15-21(24(33-30-15)29-20-14-26-17-10-5-6-11-18(17)27-20)22(31)28-19-12-7-13-25-23(19)32-16-8-3-2-4-9-16/h2-14H,1H3,(H,27,29)(H,28,31). The highest BCUT2D eigenvalue weighted by Gasteiger charge is 2.21. The molecule has 3 aromatic heterocycles. The Morgan fingerprint density at radius 2 is 1.73 bits per heavy atom. The number of para-hydroxylation sites is 3. The van der Waals surface area contributed by atoms with Crippen LogP contribution in [0.3, 0.4) is 0 Å². The second-order valence-corrected chi connectivity index (χ2v) is 7.84. The Kier molecular flexibility index (Phi) is 5.61. The lowest BCUT2D eigenvalue weighted by atomic mass is 10.2. The predicted molar refractivity (Wildman–Crippen MR) is 128 cm³/mol. The molecule has 0 atom stereocenters. The van der Waals surface area contributed by atoms with Gasteiger partial charge in [0.25, 0.3) is 5.91 Å². The van der Waals surface area contributed by atoms with Crippen molar-refractivity contribution >= 4 is 45.0 Å². The normalized spacial score (nSPS) is 10.7. The van der Waals surface area contributed by atoms with Crippen LogP contribution < -0.4 is 15.4 Å². The summed E-state index contributed by atoms with van der Waals surface area (Å²) in [5.74, 6) is 1.12. The van der Waals surface area contributed by atoms with Crippen LogP contribution in [0.25, 0.3) is 11.0 Å². The van der Waals surface area contributed by atoms with Crippen molar-refractivity contribution in [3.8, 4) is 11.6 Å². The van der Waals surface area contributed by atoms with Crippen molar-refractivity contribution in [1.29, 1.82) is 0 Å². The fraction of sp³-hybridized carbons (Fsp3) is 0.0417. The predicted octanol–water partition coefficient (Wildman–Crippen LogP) is 5.58. The molecule has 0 fully saturated rings. The summed E-state index contributed by atoms with van der Waals surface area (Å²) in [7, 11) is 0. The molecule has 0 radical (unpaired) electrons. The number of amides is 1. The van der Waals surface area contributed by atoms with Gasteiger partial charge in [-0.2, -0.15) is 4.37 Å². The number of anilines is 3. The number of nitrogens with zero attached hydrogens (tertiary/aromatic N) is 4. The quantitative estimate of drug-likeness (QED) is 0.345. The van der Waals surface area contributed by atoms with Gasteiger partial charge in [-0.05, 0) is 54.9 Å². The summed E-state index contributed by atoms with van der Waals surface area (Å²) < 4.78 is 10.2. The third-order valence-electron chi connectivity index (χ3n) is 4.76. The number of carbonyl (C=O) groups is 1. The molecule has 162 valence electrons. The van der Waals surface area contributed by atoms with Gasteiger partial charge in [-0.3, -0.25) is 9.78 Å². The van der Waals surface area contributed by atoms with E-state index in [2.05, 4.69) is 30.0 Å². The lowest BCUT2D eigenvalue weighted by Gasteiger charge is -2.12. The van der Waals surface area contributed by atoms with Gasteiger partial charge in [-0.25, -0.2) is 9.97 Å². The van der Waals surface area contributed by atoms with E-state index in [-0.39, 0.29) is 5.91 Å². The second kappa shape index (κ2) is 9.01. The molecule has 3 heterocycles. The lowest BCUT2D eigenvalue weighted by molar-refractivity contribution is 0.102. The monoisotopic (exact) mass is 454 g/mol. The van der Waals surface area contributed by atoms with Gasteiger partial charge < -0.3 is 15.4 Å². The number of pyridine rings is 1. The number of hydrogen-bond acceptors (Lipinski definition) is 8. The summed E-state index contributed by atoms with van der Waals surface area (Å²) in [6.45, 7) is 1.79. The van der Waals surface area contributed by atoms with E-state index in [0.717, 1.165) is 11.0 Å². The van der Waals surface area contributed by atoms with Gasteiger partial charge in [0.1, 0.15) is 22.3 Å². The maximum absolute atomic E-state index is 13.2. The first kappa shape index (κ1) is 20.5.